The lowest BCUT2D eigenvalue weighted by Crippen LogP contribution is -2.51. The molecule has 3 atom stereocenters. The molecular weight excluding hydrogens is 202 g/mol. The SMILES string of the molecule is CC1CCCN(C(=O)NC2CCCC2N)C1. The average Bonchev–Trinajstić information content (AvgIpc) is 2.64. The molecule has 2 amide bonds. The molecule has 0 aromatic rings. The zero-order valence-corrected chi connectivity index (χ0v) is 10.1. The molecule has 0 radical (unpaired) electrons. The highest BCUT2D eigenvalue weighted by Gasteiger charge is 2.28. The summed E-state index contributed by atoms with van der Waals surface area (Å²) >= 11 is 0. The largest absolute Gasteiger partial charge is 0.334 e. The van der Waals surface area contributed by atoms with Crippen molar-refractivity contribution in [3.8, 4) is 0 Å². The van der Waals surface area contributed by atoms with Gasteiger partial charge in [0, 0.05) is 25.2 Å². The van der Waals surface area contributed by atoms with E-state index in [9.17, 15) is 4.79 Å². The molecule has 16 heavy (non-hydrogen) atoms. The summed E-state index contributed by atoms with van der Waals surface area (Å²) in [4.78, 5) is 13.9. The van der Waals surface area contributed by atoms with Gasteiger partial charge < -0.3 is 16.0 Å². The Kier molecular flexibility index (Phi) is 3.69. The highest BCUT2D eigenvalue weighted by molar-refractivity contribution is 5.74. The Morgan fingerprint density at radius 3 is 2.75 bits per heavy atom. The molecule has 4 nitrogen and oxygen atoms in total. The van der Waals surface area contributed by atoms with Gasteiger partial charge >= 0.3 is 6.03 Å². The number of rotatable bonds is 1. The molecule has 92 valence electrons. The first kappa shape index (κ1) is 11.7. The fourth-order valence-electron chi connectivity index (χ4n) is 2.79. The monoisotopic (exact) mass is 225 g/mol. The summed E-state index contributed by atoms with van der Waals surface area (Å²) in [5.74, 6) is 0.636. The molecule has 1 saturated heterocycles. The van der Waals surface area contributed by atoms with Crippen LogP contribution in [0.4, 0.5) is 4.79 Å². The summed E-state index contributed by atoms with van der Waals surface area (Å²) in [6.45, 7) is 4.01. The van der Waals surface area contributed by atoms with Crippen LogP contribution in [0.25, 0.3) is 0 Å². The molecular formula is C12H23N3O. The molecule has 2 aliphatic rings. The third-order valence-corrected chi connectivity index (χ3v) is 3.82. The van der Waals surface area contributed by atoms with Crippen LogP contribution in [0.1, 0.15) is 39.0 Å². The van der Waals surface area contributed by atoms with E-state index in [0.29, 0.717) is 5.92 Å². The van der Waals surface area contributed by atoms with Crippen LogP contribution in [0.5, 0.6) is 0 Å². The van der Waals surface area contributed by atoms with Gasteiger partial charge in [-0.3, -0.25) is 0 Å². The van der Waals surface area contributed by atoms with Gasteiger partial charge in [-0.05, 0) is 38.0 Å². The van der Waals surface area contributed by atoms with Crippen LogP contribution in [0.3, 0.4) is 0 Å². The predicted molar refractivity (Wildman–Crippen MR) is 64.1 cm³/mol. The second kappa shape index (κ2) is 5.04. The van der Waals surface area contributed by atoms with E-state index in [0.717, 1.165) is 38.8 Å². The van der Waals surface area contributed by atoms with Crippen LogP contribution in [-0.2, 0) is 0 Å². The molecule has 2 rings (SSSR count). The molecule has 4 heteroatoms. The number of piperidine rings is 1. The first-order chi connectivity index (χ1) is 7.66. The molecule has 1 saturated carbocycles. The summed E-state index contributed by atoms with van der Waals surface area (Å²) in [5.41, 5.74) is 5.95. The third kappa shape index (κ3) is 2.67. The maximum atomic E-state index is 12.0. The smallest absolute Gasteiger partial charge is 0.317 e. The number of likely N-dealkylation sites (tertiary alicyclic amines) is 1. The Morgan fingerprint density at radius 2 is 2.12 bits per heavy atom. The van der Waals surface area contributed by atoms with E-state index < -0.39 is 0 Å². The van der Waals surface area contributed by atoms with Gasteiger partial charge in [-0.2, -0.15) is 0 Å². The summed E-state index contributed by atoms with van der Waals surface area (Å²) in [5, 5.41) is 3.08. The highest BCUT2D eigenvalue weighted by Crippen LogP contribution is 2.19. The van der Waals surface area contributed by atoms with Crippen molar-refractivity contribution in [3.63, 3.8) is 0 Å². The van der Waals surface area contributed by atoms with Gasteiger partial charge in [0.1, 0.15) is 0 Å². The van der Waals surface area contributed by atoms with Crippen LogP contribution in [0.2, 0.25) is 0 Å². The number of hydrogen-bond acceptors (Lipinski definition) is 2. The lowest BCUT2D eigenvalue weighted by atomic mass is 10.0. The Balaban J connectivity index is 1.82. The zero-order valence-electron chi connectivity index (χ0n) is 10.1. The minimum absolute atomic E-state index is 0.0916. The summed E-state index contributed by atoms with van der Waals surface area (Å²) < 4.78 is 0. The number of nitrogens with zero attached hydrogens (tertiary/aromatic N) is 1. The number of hydrogen-bond donors (Lipinski definition) is 2. The fraction of sp³-hybridized carbons (Fsp3) is 0.917. The molecule has 1 heterocycles. The van der Waals surface area contributed by atoms with Gasteiger partial charge in [0.2, 0.25) is 0 Å². The molecule has 0 aromatic heterocycles. The highest BCUT2D eigenvalue weighted by atomic mass is 16.2. The molecule has 3 N–H and O–H groups in total. The average molecular weight is 225 g/mol. The molecule has 0 bridgehead atoms. The number of nitrogens with two attached hydrogens (primary N) is 1. The standard InChI is InChI=1S/C12H23N3O/c1-9-4-3-7-15(8-9)12(16)14-11-6-2-5-10(11)13/h9-11H,2-8,13H2,1H3,(H,14,16). The summed E-state index contributed by atoms with van der Waals surface area (Å²) in [7, 11) is 0. The maximum Gasteiger partial charge on any atom is 0.317 e. The van der Waals surface area contributed by atoms with E-state index in [-0.39, 0.29) is 18.1 Å². The van der Waals surface area contributed by atoms with E-state index in [2.05, 4.69) is 12.2 Å². The minimum Gasteiger partial charge on any atom is -0.334 e. The first-order valence-corrected chi connectivity index (χ1v) is 6.48. The lowest BCUT2D eigenvalue weighted by molar-refractivity contribution is 0.165. The topological polar surface area (TPSA) is 58.4 Å². The quantitative estimate of drug-likeness (QED) is 0.707. The van der Waals surface area contributed by atoms with Crippen LogP contribution in [0.15, 0.2) is 0 Å². The van der Waals surface area contributed by atoms with Crippen LogP contribution >= 0.6 is 0 Å². The van der Waals surface area contributed by atoms with Gasteiger partial charge in [0.25, 0.3) is 0 Å². The number of urea groups is 1. The van der Waals surface area contributed by atoms with Crippen molar-refractivity contribution in [2.24, 2.45) is 11.7 Å². The lowest BCUT2D eigenvalue weighted by Gasteiger charge is -2.32. The van der Waals surface area contributed by atoms with Gasteiger partial charge in [0.15, 0.2) is 0 Å². The fourth-order valence-corrected chi connectivity index (χ4v) is 2.79. The van der Waals surface area contributed by atoms with Gasteiger partial charge in [-0.25, -0.2) is 4.79 Å². The number of nitrogens with one attached hydrogen (secondary N) is 1. The van der Waals surface area contributed by atoms with E-state index in [1.165, 1.54) is 6.42 Å². The van der Waals surface area contributed by atoms with Gasteiger partial charge in [0.05, 0.1) is 0 Å². The van der Waals surface area contributed by atoms with Crippen molar-refractivity contribution in [1.29, 1.82) is 0 Å². The maximum absolute atomic E-state index is 12.0. The van der Waals surface area contributed by atoms with Crippen molar-refractivity contribution in [2.45, 2.75) is 51.1 Å². The number of amides is 2. The third-order valence-electron chi connectivity index (χ3n) is 3.82. The molecule has 3 unspecified atom stereocenters. The Bertz CT molecular complexity index is 257. The molecule has 1 aliphatic heterocycles. The molecule has 2 fully saturated rings. The van der Waals surface area contributed by atoms with Gasteiger partial charge in [-0.15, -0.1) is 0 Å². The van der Waals surface area contributed by atoms with Crippen molar-refractivity contribution < 1.29 is 4.79 Å². The molecule has 1 aliphatic carbocycles. The second-order valence-corrected chi connectivity index (χ2v) is 5.34. The molecule has 0 aromatic carbocycles. The number of carbonyl (C=O) groups is 1. The van der Waals surface area contributed by atoms with Crippen molar-refractivity contribution in [2.75, 3.05) is 13.1 Å². The predicted octanol–water partition coefficient (Wildman–Crippen LogP) is 1.31. The van der Waals surface area contributed by atoms with Crippen molar-refractivity contribution >= 4 is 6.03 Å². The van der Waals surface area contributed by atoms with E-state index in [1.807, 2.05) is 4.90 Å². The van der Waals surface area contributed by atoms with Crippen molar-refractivity contribution in [1.82, 2.24) is 10.2 Å². The van der Waals surface area contributed by atoms with E-state index in [4.69, 9.17) is 5.73 Å². The Morgan fingerprint density at radius 1 is 1.31 bits per heavy atom. The van der Waals surface area contributed by atoms with Crippen molar-refractivity contribution in [3.05, 3.63) is 0 Å². The minimum atomic E-state index is 0.0916. The summed E-state index contributed by atoms with van der Waals surface area (Å²) in [6.07, 6.45) is 5.60. The summed E-state index contributed by atoms with van der Waals surface area (Å²) in [6, 6.07) is 0.449. The van der Waals surface area contributed by atoms with Crippen LogP contribution in [-0.4, -0.2) is 36.1 Å². The van der Waals surface area contributed by atoms with E-state index >= 15 is 0 Å². The zero-order chi connectivity index (χ0) is 11.5. The number of carbonyl (C=O) groups excluding carboxylic acids is 1. The van der Waals surface area contributed by atoms with Crippen LogP contribution in [0, 0.1) is 5.92 Å². The van der Waals surface area contributed by atoms with Gasteiger partial charge in [-0.1, -0.05) is 6.92 Å². The molecule has 0 spiro atoms. The Labute approximate surface area is 97.6 Å². The van der Waals surface area contributed by atoms with Crippen LogP contribution < -0.4 is 11.1 Å². The second-order valence-electron chi connectivity index (χ2n) is 5.34. The van der Waals surface area contributed by atoms with E-state index in [1.54, 1.807) is 0 Å². The first-order valence-electron chi connectivity index (χ1n) is 6.48. The Hall–Kier alpha value is -0.770. The normalized spacial score (nSPS) is 35.1.